The number of hydrogen-bond acceptors (Lipinski definition) is 12. The van der Waals surface area contributed by atoms with Crippen LogP contribution in [-0.4, -0.2) is 99.1 Å². The first kappa shape index (κ1) is 32.2. The second-order valence-electron chi connectivity index (χ2n) is 13.2. The van der Waals surface area contributed by atoms with Gasteiger partial charge in [-0.15, -0.1) is 0 Å². The Morgan fingerprint density at radius 3 is 2.18 bits per heavy atom. The fourth-order valence-electron chi connectivity index (χ4n) is 8.57. The van der Waals surface area contributed by atoms with Crippen LogP contribution in [0.5, 0.6) is 0 Å². The van der Waals surface area contributed by atoms with Gasteiger partial charge in [0, 0.05) is 32.1 Å². The first-order valence-corrected chi connectivity index (χ1v) is 14.7. The molecule has 12 nitrogen and oxygen atoms in total. The Balaban J connectivity index is 1.92. The number of esters is 3. The second-order valence-corrected chi connectivity index (χ2v) is 13.2. The number of benzene rings is 1. The van der Waals surface area contributed by atoms with Gasteiger partial charge >= 0.3 is 17.9 Å². The van der Waals surface area contributed by atoms with E-state index in [1.54, 1.807) is 32.0 Å². The van der Waals surface area contributed by atoms with Crippen LogP contribution >= 0.6 is 0 Å². The maximum Gasteiger partial charge on any atom is 0.338 e. The lowest BCUT2D eigenvalue weighted by atomic mass is 9.38. The molecule has 0 radical (unpaired) electrons. The van der Waals surface area contributed by atoms with Gasteiger partial charge in [0.05, 0.1) is 41.8 Å². The predicted molar refractivity (Wildman–Crippen MR) is 151 cm³/mol. The van der Waals surface area contributed by atoms with E-state index in [0.717, 1.165) is 13.8 Å². The summed E-state index contributed by atoms with van der Waals surface area (Å²) in [6, 6.07) is 7.88. The van der Waals surface area contributed by atoms with Crippen LogP contribution in [0, 0.1) is 16.2 Å². The van der Waals surface area contributed by atoms with E-state index in [1.165, 1.54) is 26.0 Å². The third-order valence-corrected chi connectivity index (χ3v) is 11.0. The number of ketones is 1. The molecule has 1 heterocycles. The smallest absolute Gasteiger partial charge is 0.338 e. The summed E-state index contributed by atoms with van der Waals surface area (Å²) >= 11 is 0. The third kappa shape index (κ3) is 3.94. The monoisotopic (exact) mass is 616 g/mol. The molecule has 4 aliphatic rings. The predicted octanol–water partition coefficient (Wildman–Crippen LogP) is 1.02. The summed E-state index contributed by atoms with van der Waals surface area (Å²) in [5, 5.41) is 47.6. The Morgan fingerprint density at radius 1 is 1.02 bits per heavy atom. The maximum atomic E-state index is 15.1. The number of carbonyl (C=O) groups is 4. The average Bonchev–Trinajstić information content (AvgIpc) is 2.94. The van der Waals surface area contributed by atoms with Crippen molar-refractivity contribution in [3.63, 3.8) is 0 Å². The van der Waals surface area contributed by atoms with Crippen LogP contribution < -0.4 is 0 Å². The summed E-state index contributed by atoms with van der Waals surface area (Å²) in [4.78, 5) is 54.2. The van der Waals surface area contributed by atoms with E-state index in [2.05, 4.69) is 0 Å². The molecule has 1 aromatic rings. The maximum absolute atomic E-state index is 15.1. The minimum Gasteiger partial charge on any atom is -0.455 e. The zero-order valence-electron chi connectivity index (χ0n) is 25.7. The number of aliphatic hydroxyl groups is 4. The van der Waals surface area contributed by atoms with Crippen molar-refractivity contribution in [1.29, 1.82) is 0 Å². The average molecular weight is 617 g/mol. The Kier molecular flexibility index (Phi) is 7.66. The minimum atomic E-state index is -2.34. The Labute approximate surface area is 254 Å². The number of carbonyl (C=O) groups excluding carboxylic acids is 4. The van der Waals surface area contributed by atoms with E-state index in [1.807, 2.05) is 0 Å². The van der Waals surface area contributed by atoms with Crippen LogP contribution in [0.2, 0.25) is 0 Å². The number of aliphatic hydroxyl groups excluding tert-OH is 3. The summed E-state index contributed by atoms with van der Waals surface area (Å²) in [5.74, 6) is -3.51. The van der Waals surface area contributed by atoms with Gasteiger partial charge in [-0.1, -0.05) is 39.0 Å². The molecule has 2 saturated carbocycles. The molecule has 1 aromatic carbocycles. The van der Waals surface area contributed by atoms with E-state index in [9.17, 15) is 34.8 Å². The van der Waals surface area contributed by atoms with Gasteiger partial charge < -0.3 is 39.4 Å². The highest BCUT2D eigenvalue weighted by atomic mass is 16.6. The first-order valence-electron chi connectivity index (χ1n) is 14.7. The number of rotatable bonds is 5. The molecule has 12 heteroatoms. The first-order chi connectivity index (χ1) is 20.5. The molecule has 240 valence electrons. The standard InChI is InChI=1S/C32H40O12/c1-16-20(36)13-31(40)27(43-26(39)19-10-8-7-9-11-19)29(6)30(14-33,21(37)12-22-32(29,15-41-22)44-18(3)35)25(38)24(42-17(2)34)23(16)28(31,4)5/h7-11,20-22,24,27,33,36-37,40H,12-15H2,1-6H3. The highest BCUT2D eigenvalue weighted by Crippen LogP contribution is 2.69. The van der Waals surface area contributed by atoms with Crippen LogP contribution in [0.1, 0.15) is 64.7 Å². The number of fused-ring (bicyclic) bond motifs is 5. The Hall–Kier alpha value is -3.16. The summed E-state index contributed by atoms with van der Waals surface area (Å²) in [5.41, 5.74) is -9.69. The van der Waals surface area contributed by atoms with Crippen LogP contribution in [0.3, 0.4) is 0 Å². The van der Waals surface area contributed by atoms with Gasteiger partial charge in [-0.3, -0.25) is 14.4 Å². The van der Waals surface area contributed by atoms with Crippen molar-refractivity contribution in [2.75, 3.05) is 13.2 Å². The van der Waals surface area contributed by atoms with Crippen molar-refractivity contribution in [2.24, 2.45) is 16.2 Å². The summed E-state index contributed by atoms with van der Waals surface area (Å²) in [6.07, 6.45) is -8.40. The Morgan fingerprint density at radius 2 is 1.66 bits per heavy atom. The number of ether oxygens (including phenoxy) is 4. The van der Waals surface area contributed by atoms with Crippen LogP contribution in [-0.2, 0) is 33.3 Å². The molecule has 1 aliphatic heterocycles. The molecule has 3 aliphatic carbocycles. The summed E-state index contributed by atoms with van der Waals surface area (Å²) < 4.78 is 23.6. The highest BCUT2D eigenvalue weighted by molar-refractivity contribution is 5.96. The molecule has 5 rings (SSSR count). The fraction of sp³-hybridized carbons (Fsp3) is 0.625. The van der Waals surface area contributed by atoms with Gasteiger partial charge in [-0.05, 0) is 30.2 Å². The Bertz CT molecular complexity index is 1420. The van der Waals surface area contributed by atoms with Gasteiger partial charge in [0.25, 0.3) is 0 Å². The van der Waals surface area contributed by atoms with E-state index in [0.29, 0.717) is 0 Å². The molecule has 2 bridgehead atoms. The van der Waals surface area contributed by atoms with Crippen molar-refractivity contribution >= 4 is 23.7 Å². The molecule has 1 saturated heterocycles. The van der Waals surface area contributed by atoms with Crippen molar-refractivity contribution in [1.82, 2.24) is 0 Å². The lowest BCUT2D eigenvalue weighted by molar-refractivity contribution is -0.385. The normalized spacial score (nSPS) is 40.8. The van der Waals surface area contributed by atoms with Gasteiger partial charge in [-0.2, -0.15) is 0 Å². The van der Waals surface area contributed by atoms with Crippen molar-refractivity contribution in [3.8, 4) is 0 Å². The van der Waals surface area contributed by atoms with Crippen LogP contribution in [0.4, 0.5) is 0 Å². The molecule has 9 unspecified atom stereocenters. The summed E-state index contributed by atoms with van der Waals surface area (Å²) in [6.45, 7) is 6.93. The molecule has 0 aromatic heterocycles. The van der Waals surface area contributed by atoms with E-state index < -0.39 is 94.7 Å². The van der Waals surface area contributed by atoms with Crippen molar-refractivity contribution in [2.45, 2.75) is 96.1 Å². The molecule has 4 N–H and O–H groups in total. The second kappa shape index (κ2) is 10.4. The number of hydrogen-bond donors (Lipinski definition) is 4. The minimum absolute atomic E-state index is 0.0512. The van der Waals surface area contributed by atoms with Gasteiger partial charge in [0.2, 0.25) is 0 Å². The van der Waals surface area contributed by atoms with E-state index >= 15 is 4.79 Å². The molecular weight excluding hydrogens is 576 g/mol. The molecular formula is C32H40O12. The quantitative estimate of drug-likeness (QED) is 0.209. The van der Waals surface area contributed by atoms with Gasteiger partial charge in [-0.25, -0.2) is 4.79 Å². The van der Waals surface area contributed by atoms with Gasteiger partial charge in [0.15, 0.2) is 17.5 Å². The van der Waals surface area contributed by atoms with E-state index in [-0.39, 0.29) is 29.7 Å². The molecule has 3 fully saturated rings. The third-order valence-electron chi connectivity index (χ3n) is 11.0. The highest BCUT2D eigenvalue weighted by Gasteiger charge is 2.85. The summed E-state index contributed by atoms with van der Waals surface area (Å²) in [7, 11) is 0. The zero-order chi connectivity index (χ0) is 32.6. The zero-order valence-corrected chi connectivity index (χ0v) is 25.7. The molecule has 44 heavy (non-hydrogen) atoms. The topological polar surface area (TPSA) is 186 Å². The lowest BCUT2D eigenvalue weighted by Crippen LogP contribution is -2.87. The van der Waals surface area contributed by atoms with Crippen LogP contribution in [0.15, 0.2) is 41.5 Å². The molecule has 9 atom stereocenters. The number of Topliss-reactive ketones (excluding diaryl/α,β-unsaturated/α-hetero) is 1. The van der Waals surface area contributed by atoms with Crippen molar-refractivity contribution < 1.29 is 58.6 Å². The van der Waals surface area contributed by atoms with E-state index in [4.69, 9.17) is 18.9 Å². The largest absolute Gasteiger partial charge is 0.455 e. The lowest BCUT2D eigenvalue weighted by Gasteiger charge is -2.72. The fourth-order valence-corrected chi connectivity index (χ4v) is 8.57. The SMILES string of the molecule is CC(=O)OC1C(=O)C2(CO)C(O)CC3OCC3(OC(C)=O)C2(C)C(OC(=O)c2ccccc2)C2(O)CC(O)C(C)=C1C2(C)C. The van der Waals surface area contributed by atoms with Gasteiger partial charge in [0.1, 0.15) is 17.8 Å². The van der Waals surface area contributed by atoms with Crippen LogP contribution in [0.25, 0.3) is 0 Å². The molecule has 0 spiro atoms. The molecule has 0 amide bonds. The van der Waals surface area contributed by atoms with Crippen molar-refractivity contribution in [3.05, 3.63) is 47.0 Å².